The molecule has 4 saturated heterocycles. The van der Waals surface area contributed by atoms with Gasteiger partial charge in [0.1, 0.15) is 24.4 Å². The zero-order valence-electron chi connectivity index (χ0n) is 38.2. The first-order chi connectivity index (χ1) is 25.6. The van der Waals surface area contributed by atoms with E-state index >= 15 is 0 Å². The Morgan fingerprint density at radius 2 is 0.509 bits per heavy atom. The average molecular weight is 803 g/mol. The van der Waals surface area contributed by atoms with Crippen molar-refractivity contribution in [3.8, 4) is 0 Å². The van der Waals surface area contributed by atoms with E-state index in [2.05, 4.69) is 132 Å². The largest absolute Gasteiger partial charge is 0.462 e. The number of piperidine rings is 4. The number of hydrogen-bond donors (Lipinski definition) is 4. The van der Waals surface area contributed by atoms with Crippen LogP contribution in [0.3, 0.4) is 0 Å². The minimum absolute atomic E-state index is 0.0842. The molecule has 5 fully saturated rings. The summed E-state index contributed by atoms with van der Waals surface area (Å²) in [4.78, 5) is 59.0. The van der Waals surface area contributed by atoms with Gasteiger partial charge >= 0.3 is 23.9 Å². The van der Waals surface area contributed by atoms with Gasteiger partial charge in [0.2, 0.25) is 0 Å². The average Bonchev–Trinajstić information content (AvgIpc) is 3.32. The van der Waals surface area contributed by atoms with Gasteiger partial charge in [-0.3, -0.25) is 19.2 Å². The van der Waals surface area contributed by atoms with Gasteiger partial charge in [0, 0.05) is 95.7 Å². The predicted octanol–water partition coefficient (Wildman–Crippen LogP) is 6.26. The number of hydrogen-bond acceptors (Lipinski definition) is 12. The summed E-state index contributed by atoms with van der Waals surface area (Å²) in [6.07, 6.45) is 2.58. The van der Waals surface area contributed by atoms with Gasteiger partial charge in [-0.25, -0.2) is 0 Å². The molecule has 4 N–H and O–H groups in total. The van der Waals surface area contributed by atoms with Crippen LogP contribution in [-0.4, -0.2) is 92.6 Å². The third-order valence-electron chi connectivity index (χ3n) is 12.7. The third-order valence-corrected chi connectivity index (χ3v) is 12.7. The summed E-state index contributed by atoms with van der Waals surface area (Å²) in [5, 5.41) is 14.5. The first kappa shape index (κ1) is 45.8. The number of carbonyl (C=O) groups excluding carboxylic acids is 4. The Kier molecular flexibility index (Phi) is 12.3. The molecule has 12 heteroatoms. The molecule has 4 heterocycles. The Bertz CT molecular complexity index is 1370. The third kappa shape index (κ3) is 11.9. The fourth-order valence-corrected chi connectivity index (χ4v) is 12.4. The standard InChI is InChI=1S/C45H78N4O8/c1-38(2)18-26(19-39(3,4)46-38)54-34(50)30-17-31(35(51)55-27-20-40(5,6)47-41(7,8)21-27)33(37(53)57-29-24-44(13,14)49-45(15,16)25-29)32(30)36(52)56-28-22-42(9,10)48-43(11,12)23-28/h26-33,46-49H,17-25H2,1-16H3. The molecule has 0 amide bonds. The van der Waals surface area contributed by atoms with Crippen LogP contribution < -0.4 is 21.3 Å². The number of esters is 4. The highest BCUT2D eigenvalue weighted by Crippen LogP contribution is 2.47. The summed E-state index contributed by atoms with van der Waals surface area (Å²) in [6.45, 7) is 33.2. The molecule has 4 unspecified atom stereocenters. The smallest absolute Gasteiger partial charge is 0.310 e. The van der Waals surface area contributed by atoms with E-state index in [0.29, 0.717) is 51.4 Å². The maximum atomic E-state index is 14.9. The monoisotopic (exact) mass is 803 g/mol. The van der Waals surface area contributed by atoms with Crippen molar-refractivity contribution >= 4 is 23.9 Å². The molecule has 0 aromatic rings. The second kappa shape index (κ2) is 15.3. The molecule has 12 nitrogen and oxygen atoms in total. The molecule has 326 valence electrons. The van der Waals surface area contributed by atoms with E-state index in [9.17, 15) is 19.2 Å². The van der Waals surface area contributed by atoms with E-state index in [1.54, 1.807) is 0 Å². The molecule has 5 rings (SSSR count). The van der Waals surface area contributed by atoms with Crippen LogP contribution in [-0.2, 0) is 38.1 Å². The van der Waals surface area contributed by atoms with Crippen LogP contribution in [0.2, 0.25) is 0 Å². The summed E-state index contributed by atoms with van der Waals surface area (Å²) < 4.78 is 25.4. The highest BCUT2D eigenvalue weighted by Gasteiger charge is 2.60. The Morgan fingerprint density at radius 3 is 0.702 bits per heavy atom. The molecule has 1 saturated carbocycles. The fraction of sp³-hybridized carbons (Fsp3) is 0.911. The van der Waals surface area contributed by atoms with E-state index in [1.165, 1.54) is 0 Å². The number of carbonyl (C=O) groups is 4. The SMILES string of the molecule is CC1(C)CC(OC(=O)C2CC(C(=O)OC3CC(C)(C)NC(C)(C)C3)C(C(=O)OC3CC(C)(C)NC(C)(C)C3)C2C(=O)OC2CC(C)(C)NC(C)(C)C2)CC(C)(C)N1. The molecule has 4 atom stereocenters. The van der Waals surface area contributed by atoms with Crippen molar-refractivity contribution in [3.63, 3.8) is 0 Å². The maximum absolute atomic E-state index is 14.9. The molecule has 0 radical (unpaired) electrons. The first-order valence-corrected chi connectivity index (χ1v) is 21.6. The van der Waals surface area contributed by atoms with Crippen molar-refractivity contribution in [2.45, 2.75) is 237 Å². The Morgan fingerprint density at radius 1 is 0.333 bits per heavy atom. The van der Waals surface area contributed by atoms with Crippen LogP contribution in [0.1, 0.15) is 169 Å². The van der Waals surface area contributed by atoms with Crippen LogP contribution in [0.25, 0.3) is 0 Å². The molecule has 5 aliphatic rings. The van der Waals surface area contributed by atoms with Crippen molar-refractivity contribution in [3.05, 3.63) is 0 Å². The Hall–Kier alpha value is -2.28. The molecular formula is C45H78N4O8. The second-order valence-corrected chi connectivity index (χ2v) is 23.9. The van der Waals surface area contributed by atoms with Crippen molar-refractivity contribution < 1.29 is 38.1 Å². The van der Waals surface area contributed by atoms with Gasteiger partial charge < -0.3 is 40.2 Å². The van der Waals surface area contributed by atoms with Crippen LogP contribution in [0.5, 0.6) is 0 Å². The molecule has 0 bridgehead atoms. The highest BCUT2D eigenvalue weighted by molar-refractivity contribution is 5.93. The van der Waals surface area contributed by atoms with Crippen molar-refractivity contribution in [1.82, 2.24) is 21.3 Å². The highest BCUT2D eigenvalue weighted by atomic mass is 16.6. The van der Waals surface area contributed by atoms with Crippen molar-refractivity contribution in [1.29, 1.82) is 0 Å². The van der Waals surface area contributed by atoms with E-state index in [0.717, 1.165) is 0 Å². The van der Waals surface area contributed by atoms with Gasteiger partial charge in [0.25, 0.3) is 0 Å². The van der Waals surface area contributed by atoms with Crippen LogP contribution >= 0.6 is 0 Å². The van der Waals surface area contributed by atoms with Crippen LogP contribution in [0.15, 0.2) is 0 Å². The maximum Gasteiger partial charge on any atom is 0.310 e. The van der Waals surface area contributed by atoms with Gasteiger partial charge in [-0.2, -0.15) is 0 Å². The lowest BCUT2D eigenvalue weighted by molar-refractivity contribution is -0.178. The van der Waals surface area contributed by atoms with Gasteiger partial charge in [-0.15, -0.1) is 0 Å². The summed E-state index contributed by atoms with van der Waals surface area (Å²) >= 11 is 0. The molecule has 57 heavy (non-hydrogen) atoms. The lowest BCUT2D eigenvalue weighted by atomic mass is 9.80. The normalized spacial score (nSPS) is 33.1. The van der Waals surface area contributed by atoms with E-state index in [1.807, 2.05) is 0 Å². The van der Waals surface area contributed by atoms with Crippen molar-refractivity contribution in [2.75, 3.05) is 0 Å². The quantitative estimate of drug-likeness (QED) is 0.162. The van der Waals surface area contributed by atoms with E-state index in [-0.39, 0.29) is 50.7 Å². The summed E-state index contributed by atoms with van der Waals surface area (Å²) in [6, 6.07) is 0. The number of nitrogens with one attached hydrogen (secondary N) is 4. The van der Waals surface area contributed by atoms with Crippen molar-refractivity contribution in [2.24, 2.45) is 23.7 Å². The van der Waals surface area contributed by atoms with Crippen LogP contribution in [0, 0.1) is 23.7 Å². The lowest BCUT2D eigenvalue weighted by Gasteiger charge is -2.47. The molecular weight excluding hydrogens is 725 g/mol. The Balaban J connectivity index is 1.52. The molecule has 1 aliphatic carbocycles. The fourth-order valence-electron chi connectivity index (χ4n) is 12.4. The number of ether oxygens (including phenoxy) is 4. The summed E-state index contributed by atoms with van der Waals surface area (Å²) in [5.41, 5.74) is -2.53. The van der Waals surface area contributed by atoms with E-state index in [4.69, 9.17) is 18.9 Å². The Labute approximate surface area is 343 Å². The van der Waals surface area contributed by atoms with Crippen LogP contribution in [0.4, 0.5) is 0 Å². The zero-order valence-corrected chi connectivity index (χ0v) is 38.2. The van der Waals surface area contributed by atoms with Gasteiger partial charge in [0.15, 0.2) is 0 Å². The summed E-state index contributed by atoms with van der Waals surface area (Å²) in [7, 11) is 0. The molecule has 4 aliphatic heterocycles. The molecule has 0 spiro atoms. The van der Waals surface area contributed by atoms with E-state index < -0.39 is 72.0 Å². The molecule has 0 aromatic heterocycles. The summed E-state index contributed by atoms with van der Waals surface area (Å²) in [5.74, 6) is -7.35. The minimum atomic E-state index is -1.30. The first-order valence-electron chi connectivity index (χ1n) is 21.6. The molecule has 0 aromatic carbocycles. The topological polar surface area (TPSA) is 153 Å². The predicted molar refractivity (Wildman–Crippen MR) is 220 cm³/mol. The minimum Gasteiger partial charge on any atom is -0.462 e. The number of rotatable bonds is 8. The van der Waals surface area contributed by atoms with Gasteiger partial charge in [0.05, 0.1) is 23.7 Å². The second-order valence-electron chi connectivity index (χ2n) is 23.9. The zero-order chi connectivity index (χ0) is 42.9. The lowest BCUT2D eigenvalue weighted by Crippen LogP contribution is -2.60. The van der Waals surface area contributed by atoms with Gasteiger partial charge in [-0.1, -0.05) is 0 Å². The van der Waals surface area contributed by atoms with Gasteiger partial charge in [-0.05, 0) is 117 Å².